The number of anilines is 1. The molecule has 2 aliphatic rings. The van der Waals surface area contributed by atoms with Gasteiger partial charge in [0.25, 0.3) is 14.4 Å². The van der Waals surface area contributed by atoms with E-state index in [1.165, 1.54) is 6.33 Å². The maximum Gasteiger partial charge on any atom is 0.259 e. The highest BCUT2D eigenvalue weighted by molar-refractivity contribution is 8.77. The minimum atomic E-state index is -1.73. The number of rotatable bonds is 31. The highest BCUT2D eigenvalue weighted by Crippen LogP contribution is 2.52. The topological polar surface area (TPSA) is 179 Å². The van der Waals surface area contributed by atoms with E-state index in [1.54, 1.807) is 54.3 Å². The monoisotopic (exact) mass is 1320 g/mol. The molecule has 492 valence electrons. The van der Waals surface area contributed by atoms with E-state index in [0.29, 0.717) is 80.3 Å². The van der Waals surface area contributed by atoms with Crippen molar-refractivity contribution in [2.24, 2.45) is 5.41 Å². The van der Waals surface area contributed by atoms with Crippen molar-refractivity contribution in [1.82, 2.24) is 29.5 Å². The number of carbonyl (C=O) groups is 2. The summed E-state index contributed by atoms with van der Waals surface area (Å²) in [6.45, 7) is 19.7. The molecule has 2 saturated heterocycles. The molecule has 2 aromatic heterocycles. The first-order valence-corrected chi connectivity index (χ1v) is 35.4. The van der Waals surface area contributed by atoms with Crippen molar-refractivity contribution in [3.05, 3.63) is 209 Å². The van der Waals surface area contributed by atoms with Crippen LogP contribution in [-0.4, -0.2) is 106 Å². The zero-order chi connectivity index (χ0) is 65.5. The highest BCUT2D eigenvalue weighted by atomic mass is 33.1. The molecule has 6 aromatic carbocycles. The van der Waals surface area contributed by atoms with Crippen LogP contribution < -0.4 is 20.1 Å². The van der Waals surface area contributed by atoms with Gasteiger partial charge in [-0.1, -0.05) is 151 Å². The molecule has 0 bridgehead atoms. The van der Waals surface area contributed by atoms with Gasteiger partial charge in [0.1, 0.15) is 35.8 Å². The number of fused-ring (bicyclic) bond motifs is 1. The van der Waals surface area contributed by atoms with E-state index in [4.69, 9.17) is 47.4 Å². The number of nitrogens with one attached hydrogen (secondary N) is 2. The van der Waals surface area contributed by atoms with Crippen molar-refractivity contribution >= 4 is 58.9 Å². The number of benzene rings is 6. The van der Waals surface area contributed by atoms with Crippen LogP contribution in [0, 0.1) is 5.41 Å². The Morgan fingerprint density at radius 3 is 2.00 bits per heavy atom. The van der Waals surface area contributed by atoms with Crippen LogP contribution in [0.25, 0.3) is 11.2 Å². The van der Waals surface area contributed by atoms with E-state index in [9.17, 15) is 9.59 Å². The third-order valence-electron chi connectivity index (χ3n) is 17.4. The molecule has 0 radical (unpaired) electrons. The van der Waals surface area contributed by atoms with Crippen molar-refractivity contribution in [3.8, 4) is 11.5 Å². The second kappa shape index (κ2) is 32.1. The number of aromatic nitrogens is 4. The van der Waals surface area contributed by atoms with Gasteiger partial charge in [-0.25, -0.2) is 19.6 Å². The quantitative estimate of drug-likeness (QED) is 0.0238. The summed E-state index contributed by atoms with van der Waals surface area (Å²) >= 11 is 0. The van der Waals surface area contributed by atoms with Gasteiger partial charge in [-0.2, -0.15) is 0 Å². The van der Waals surface area contributed by atoms with Crippen molar-refractivity contribution in [3.63, 3.8) is 0 Å². The minimum Gasteiger partial charge on any atom is -0.497 e. The predicted octanol–water partition coefficient (Wildman–Crippen LogP) is 15.8. The molecule has 4 atom stereocenters. The van der Waals surface area contributed by atoms with Crippen molar-refractivity contribution in [1.29, 1.82) is 0 Å². The van der Waals surface area contributed by atoms with Gasteiger partial charge in [0, 0.05) is 57.7 Å². The fourth-order valence-electron chi connectivity index (χ4n) is 11.7. The molecule has 20 heteroatoms. The van der Waals surface area contributed by atoms with E-state index in [-0.39, 0.29) is 52.8 Å². The Kier molecular flexibility index (Phi) is 23.9. The number of hydrogen-bond acceptors (Lipinski definition) is 16. The molecule has 4 heterocycles. The molecule has 0 saturated carbocycles. The zero-order valence-corrected chi connectivity index (χ0v) is 57.5. The summed E-state index contributed by atoms with van der Waals surface area (Å²) in [4.78, 5) is 41.8. The summed E-state index contributed by atoms with van der Waals surface area (Å²) in [7, 11) is 5.09. The Labute approximate surface area is 557 Å². The first kappa shape index (κ1) is 69.1. The van der Waals surface area contributed by atoms with Crippen LogP contribution in [0.1, 0.15) is 144 Å². The van der Waals surface area contributed by atoms with Crippen LogP contribution in [0.5, 0.6) is 11.5 Å². The predicted molar refractivity (Wildman–Crippen MR) is 369 cm³/mol. The van der Waals surface area contributed by atoms with E-state index in [0.717, 1.165) is 51.1 Å². The minimum absolute atomic E-state index is 0.0195. The molecule has 2 fully saturated rings. The lowest BCUT2D eigenvalue weighted by molar-refractivity contribution is -0.235. The number of ether oxygens (including phenoxy) is 6. The maximum absolute atomic E-state index is 13.5. The number of methoxy groups -OCH3 is 2. The molecule has 8 aromatic rings. The SMILES string of the molecule is CCC1(CC)COC(c2ccc(CNC(=O)CCC(C)(C)SSc3ccccc3CCOP(OC3CC(n4cnc5c(NC(=O)c6ccccc6)ncnc54)OC3COC(c3ccccc3)(c3ccc(OC)cc3)c3ccc(OC)cc3)N(C(C)C)C(C)C)cc2)OC1. The normalized spacial score (nSPS) is 17.3. The molecule has 2 aliphatic heterocycles. The number of amides is 2. The van der Waals surface area contributed by atoms with Gasteiger partial charge >= 0.3 is 0 Å². The lowest BCUT2D eigenvalue weighted by Crippen LogP contribution is -2.39. The summed E-state index contributed by atoms with van der Waals surface area (Å²) in [5.41, 5.74) is 6.12. The standard InChI is InChI=1S/C73H88N7O10PS2/c1-11-72(12-2)46-85-70(86-47-72)55-29-27-52(28-30-55)44-74-64(81)39-41-71(7,8)93-92-63-26-20-19-21-53(63)40-42-88-91(80(50(3)4)51(5)6)90-61-43-65(79-49-77-66-67(75-48-76-68(66)79)78-69(82)54-22-15-13-16-23-54)89-62(61)45-87-73(56-24-17-14-18-25-56,57-31-35-59(83-9)36-32-57)58-33-37-60(84-10)38-34-58/h13-38,48-51,61-62,65,70H,11-12,39-47H2,1-10H3,(H,74,81)(H,75,76,78,82). The smallest absolute Gasteiger partial charge is 0.259 e. The number of imidazole rings is 1. The van der Waals surface area contributed by atoms with Crippen LogP contribution >= 0.6 is 30.1 Å². The van der Waals surface area contributed by atoms with Crippen LogP contribution in [0.3, 0.4) is 0 Å². The van der Waals surface area contributed by atoms with Crippen LogP contribution in [0.15, 0.2) is 175 Å². The summed E-state index contributed by atoms with van der Waals surface area (Å²) in [5, 5.41) is 6.09. The first-order valence-electron chi connectivity index (χ1n) is 32.1. The van der Waals surface area contributed by atoms with Crippen LogP contribution in [0.2, 0.25) is 0 Å². The third kappa shape index (κ3) is 17.0. The average Bonchev–Trinajstić information content (AvgIpc) is 1.52. The Balaban J connectivity index is 0.855. The molecule has 10 rings (SSSR count). The summed E-state index contributed by atoms with van der Waals surface area (Å²) in [5.74, 6) is 1.40. The molecule has 2 amide bonds. The van der Waals surface area contributed by atoms with Crippen molar-refractivity contribution < 1.29 is 47.1 Å². The molecular formula is C73H88N7O10PS2. The van der Waals surface area contributed by atoms with Gasteiger partial charge in [0.05, 0.1) is 53.1 Å². The fourth-order valence-corrected chi connectivity index (χ4v) is 16.1. The van der Waals surface area contributed by atoms with Crippen LogP contribution in [0.4, 0.5) is 5.82 Å². The molecule has 0 spiro atoms. The molecule has 4 unspecified atom stereocenters. The average molecular weight is 1320 g/mol. The van der Waals surface area contributed by atoms with Gasteiger partial charge in [-0.3, -0.25) is 14.2 Å². The van der Waals surface area contributed by atoms with Crippen LogP contribution in [-0.2, 0) is 51.4 Å². The van der Waals surface area contributed by atoms with Gasteiger partial charge in [0.2, 0.25) is 5.91 Å². The van der Waals surface area contributed by atoms with E-state index >= 15 is 0 Å². The number of hydrogen-bond donors (Lipinski definition) is 2. The van der Waals surface area contributed by atoms with E-state index in [1.807, 2.05) is 114 Å². The van der Waals surface area contributed by atoms with Crippen molar-refractivity contribution in [2.75, 3.05) is 46.0 Å². The Morgan fingerprint density at radius 2 is 1.38 bits per heavy atom. The second-order valence-electron chi connectivity index (χ2n) is 24.8. The molecule has 93 heavy (non-hydrogen) atoms. The lowest BCUT2D eigenvalue weighted by atomic mass is 9.80. The van der Waals surface area contributed by atoms with E-state index in [2.05, 4.69) is 112 Å². The van der Waals surface area contributed by atoms with Gasteiger partial charge in [-0.05, 0) is 138 Å². The van der Waals surface area contributed by atoms with Crippen molar-refractivity contribution in [2.45, 2.75) is 153 Å². The summed E-state index contributed by atoms with van der Waals surface area (Å²) < 4.78 is 56.9. The fraction of sp³-hybridized carbons (Fsp3) is 0.411. The first-order chi connectivity index (χ1) is 45.0. The molecule has 0 aliphatic carbocycles. The van der Waals surface area contributed by atoms with Gasteiger partial charge < -0.3 is 48.1 Å². The summed E-state index contributed by atoms with van der Waals surface area (Å²) in [6.07, 6.45) is 5.01. The van der Waals surface area contributed by atoms with Gasteiger partial charge in [-0.15, -0.1) is 0 Å². The number of nitrogens with zero attached hydrogens (tertiary/aromatic N) is 5. The Hall–Kier alpha value is -6.74. The van der Waals surface area contributed by atoms with E-state index < -0.39 is 32.6 Å². The highest BCUT2D eigenvalue weighted by Gasteiger charge is 2.46. The second-order valence-corrected chi connectivity index (χ2v) is 29.1. The Bertz CT molecular complexity index is 3610. The third-order valence-corrected chi connectivity index (χ3v) is 23.0. The summed E-state index contributed by atoms with van der Waals surface area (Å²) in [6, 6.07) is 51.8. The molecule has 17 nitrogen and oxygen atoms in total. The largest absolute Gasteiger partial charge is 0.497 e. The van der Waals surface area contributed by atoms with Gasteiger partial charge in [0.15, 0.2) is 23.3 Å². The molecule has 2 N–H and O–H groups in total. The number of carbonyl (C=O) groups excluding carboxylic acids is 2. The maximum atomic E-state index is 13.5. The Morgan fingerprint density at radius 1 is 0.763 bits per heavy atom. The lowest BCUT2D eigenvalue weighted by Gasteiger charge is -2.39. The molecular weight excluding hydrogens is 1230 g/mol. The zero-order valence-electron chi connectivity index (χ0n) is 55.0.